The minimum atomic E-state index is -0.102. The van der Waals surface area contributed by atoms with E-state index in [4.69, 9.17) is 4.42 Å². The van der Waals surface area contributed by atoms with E-state index in [9.17, 15) is 9.59 Å². The van der Waals surface area contributed by atoms with E-state index in [2.05, 4.69) is 24.0 Å². The van der Waals surface area contributed by atoms with Gasteiger partial charge in [0.15, 0.2) is 5.43 Å². The molecule has 1 aromatic heterocycles. The Labute approximate surface area is 155 Å². The average molecular weight is 360 g/mol. The minimum absolute atomic E-state index is 0.0897. The summed E-state index contributed by atoms with van der Waals surface area (Å²) in [5, 5.41) is 1.46. The third-order valence-electron chi connectivity index (χ3n) is 5.68. The number of pyridine rings is 1. The smallest absolute Gasteiger partial charge is 0.261 e. The van der Waals surface area contributed by atoms with Crippen LogP contribution in [0.4, 0.5) is 5.69 Å². The van der Waals surface area contributed by atoms with Crippen LogP contribution in [0, 0.1) is 0 Å². The number of hydrogen-bond donors (Lipinski definition) is 0. The monoisotopic (exact) mass is 360 g/mol. The molecular formula is C22H20N2O3. The quantitative estimate of drug-likeness (QED) is 0.385. The molecule has 1 aromatic carbocycles. The van der Waals surface area contributed by atoms with Gasteiger partial charge in [-0.25, -0.2) is 0 Å². The summed E-state index contributed by atoms with van der Waals surface area (Å²) in [5.74, 6) is 0.512. The van der Waals surface area contributed by atoms with Crippen molar-refractivity contribution >= 4 is 27.6 Å². The highest BCUT2D eigenvalue weighted by Crippen LogP contribution is 2.35. The third kappa shape index (κ3) is 2.31. The van der Waals surface area contributed by atoms with Crippen molar-refractivity contribution in [3.63, 3.8) is 0 Å². The van der Waals surface area contributed by atoms with Crippen molar-refractivity contribution in [3.05, 3.63) is 62.5 Å². The summed E-state index contributed by atoms with van der Waals surface area (Å²) < 4.78 is 7.79. The Morgan fingerprint density at radius 2 is 1.93 bits per heavy atom. The summed E-state index contributed by atoms with van der Waals surface area (Å²) in [6.07, 6.45) is 2.14. The van der Waals surface area contributed by atoms with Gasteiger partial charge in [-0.05, 0) is 55.7 Å². The Kier molecular flexibility index (Phi) is 3.41. The number of hydrogen-bond acceptors (Lipinski definition) is 4. The van der Waals surface area contributed by atoms with Gasteiger partial charge < -0.3 is 13.9 Å². The molecule has 136 valence electrons. The van der Waals surface area contributed by atoms with Crippen molar-refractivity contribution in [1.29, 1.82) is 0 Å². The lowest BCUT2D eigenvalue weighted by atomic mass is 9.98. The second kappa shape index (κ2) is 5.71. The summed E-state index contributed by atoms with van der Waals surface area (Å²) >= 11 is 0. The highest BCUT2D eigenvalue weighted by molar-refractivity contribution is 6.04. The van der Waals surface area contributed by atoms with Crippen LogP contribution in [0.2, 0.25) is 0 Å². The normalized spacial score (nSPS) is 14.2. The molecule has 5 rings (SSSR count). The number of aryl methyl sites for hydroxylation is 2. The SMILES string of the molecule is CCN1CCCc2cc3c4oc5cc(=O)ccc-5cc4c(=O)n(C)c3cc21. The Hall–Kier alpha value is -3.08. The lowest BCUT2D eigenvalue weighted by Gasteiger charge is -2.31. The average Bonchev–Trinajstić information content (AvgIpc) is 2.69. The summed E-state index contributed by atoms with van der Waals surface area (Å²) in [7, 11) is 1.81. The molecule has 2 aliphatic heterocycles. The maximum atomic E-state index is 13.0. The van der Waals surface area contributed by atoms with Gasteiger partial charge in [0, 0.05) is 42.8 Å². The molecule has 0 spiro atoms. The molecule has 0 N–H and O–H groups in total. The molecular weight excluding hydrogens is 340 g/mol. The predicted octanol–water partition coefficient (Wildman–Crippen LogP) is 3.52. The van der Waals surface area contributed by atoms with E-state index < -0.39 is 0 Å². The predicted molar refractivity (Wildman–Crippen MR) is 108 cm³/mol. The van der Waals surface area contributed by atoms with E-state index in [1.54, 1.807) is 17.7 Å². The van der Waals surface area contributed by atoms with Gasteiger partial charge >= 0.3 is 0 Å². The minimum Gasteiger partial charge on any atom is -0.455 e. The maximum Gasteiger partial charge on any atom is 0.261 e. The zero-order chi connectivity index (χ0) is 18.7. The van der Waals surface area contributed by atoms with Crippen molar-refractivity contribution in [2.45, 2.75) is 19.8 Å². The van der Waals surface area contributed by atoms with Gasteiger partial charge in [0.2, 0.25) is 0 Å². The fraction of sp³-hybridized carbons (Fsp3) is 0.273. The van der Waals surface area contributed by atoms with Gasteiger partial charge in [-0.15, -0.1) is 0 Å². The second-order valence-electron chi connectivity index (χ2n) is 7.23. The van der Waals surface area contributed by atoms with Gasteiger partial charge in [-0.2, -0.15) is 0 Å². The maximum absolute atomic E-state index is 13.0. The molecule has 5 heteroatoms. The fourth-order valence-corrected chi connectivity index (χ4v) is 4.24. The first kappa shape index (κ1) is 16.1. The number of anilines is 1. The van der Waals surface area contributed by atoms with Gasteiger partial charge in [0.1, 0.15) is 11.3 Å². The second-order valence-corrected chi connectivity index (χ2v) is 7.23. The summed E-state index contributed by atoms with van der Waals surface area (Å²) in [6, 6.07) is 10.8. The largest absolute Gasteiger partial charge is 0.455 e. The van der Waals surface area contributed by atoms with Crippen molar-refractivity contribution in [3.8, 4) is 11.3 Å². The molecule has 0 saturated carbocycles. The van der Waals surface area contributed by atoms with Crippen LogP contribution in [0.5, 0.6) is 0 Å². The van der Waals surface area contributed by atoms with Crippen LogP contribution in [0.25, 0.3) is 33.2 Å². The van der Waals surface area contributed by atoms with Crippen LogP contribution >= 0.6 is 0 Å². The standard InChI is InChI=1S/C22H20N2O3/c1-3-24-8-4-5-13-9-16-19(12-18(13)24)23(2)22(26)17-10-14-6-7-15(25)11-20(14)27-21(16)17/h6-7,9-12H,3-5,8H2,1-2H3. The fourth-order valence-electron chi connectivity index (χ4n) is 4.24. The van der Waals surface area contributed by atoms with E-state index >= 15 is 0 Å². The first-order valence-corrected chi connectivity index (χ1v) is 9.35. The lowest BCUT2D eigenvalue weighted by molar-refractivity contribution is 0.620. The molecule has 0 unspecified atom stereocenters. The molecule has 3 aliphatic rings. The number of nitrogens with zero attached hydrogens (tertiary/aromatic N) is 2. The summed E-state index contributed by atoms with van der Waals surface area (Å²) in [5.41, 5.74) is 4.46. The molecule has 3 heterocycles. The number of fused-ring (bicyclic) bond motifs is 5. The van der Waals surface area contributed by atoms with E-state index in [1.807, 2.05) is 6.07 Å². The van der Waals surface area contributed by atoms with E-state index in [1.165, 1.54) is 23.4 Å². The van der Waals surface area contributed by atoms with Crippen molar-refractivity contribution in [2.75, 3.05) is 18.0 Å². The molecule has 0 radical (unpaired) electrons. The van der Waals surface area contributed by atoms with Crippen molar-refractivity contribution in [1.82, 2.24) is 4.57 Å². The van der Waals surface area contributed by atoms with Crippen molar-refractivity contribution < 1.29 is 4.42 Å². The first-order valence-electron chi connectivity index (χ1n) is 9.35. The van der Waals surface area contributed by atoms with Gasteiger partial charge in [-0.1, -0.05) is 0 Å². The molecule has 5 nitrogen and oxygen atoms in total. The number of benzene rings is 2. The zero-order valence-corrected chi connectivity index (χ0v) is 15.4. The highest BCUT2D eigenvalue weighted by atomic mass is 16.3. The third-order valence-corrected chi connectivity index (χ3v) is 5.68. The molecule has 0 fully saturated rings. The number of aromatic nitrogens is 1. The summed E-state index contributed by atoms with van der Waals surface area (Å²) in [6.45, 7) is 4.14. The molecule has 0 atom stereocenters. The van der Waals surface area contributed by atoms with E-state index in [-0.39, 0.29) is 11.0 Å². The molecule has 0 saturated heterocycles. The first-order chi connectivity index (χ1) is 13.1. The topological polar surface area (TPSA) is 55.5 Å². The highest BCUT2D eigenvalue weighted by Gasteiger charge is 2.21. The Bertz CT molecular complexity index is 1300. The number of rotatable bonds is 1. The van der Waals surface area contributed by atoms with Crippen LogP contribution in [-0.2, 0) is 13.5 Å². The van der Waals surface area contributed by atoms with E-state index in [0.29, 0.717) is 16.7 Å². The molecule has 0 amide bonds. The van der Waals surface area contributed by atoms with Crippen LogP contribution < -0.4 is 15.9 Å². The molecule has 0 bridgehead atoms. The lowest BCUT2D eigenvalue weighted by Crippen LogP contribution is -2.29. The molecule has 2 aromatic rings. The Balaban J connectivity index is 1.95. The zero-order valence-electron chi connectivity index (χ0n) is 15.4. The van der Waals surface area contributed by atoms with Crippen LogP contribution in [0.1, 0.15) is 18.9 Å². The van der Waals surface area contributed by atoms with Crippen LogP contribution in [-0.4, -0.2) is 17.7 Å². The Morgan fingerprint density at radius 1 is 1.07 bits per heavy atom. The van der Waals surface area contributed by atoms with Crippen LogP contribution in [0.3, 0.4) is 0 Å². The molecule has 1 aliphatic carbocycles. The van der Waals surface area contributed by atoms with Crippen LogP contribution in [0.15, 0.2) is 50.4 Å². The van der Waals surface area contributed by atoms with Gasteiger partial charge in [0.25, 0.3) is 5.56 Å². The summed E-state index contributed by atoms with van der Waals surface area (Å²) in [4.78, 5) is 27.1. The van der Waals surface area contributed by atoms with Crippen molar-refractivity contribution in [2.24, 2.45) is 7.05 Å². The van der Waals surface area contributed by atoms with Gasteiger partial charge in [-0.3, -0.25) is 9.59 Å². The van der Waals surface area contributed by atoms with E-state index in [0.717, 1.165) is 42.4 Å². The molecule has 27 heavy (non-hydrogen) atoms. The Morgan fingerprint density at radius 3 is 2.74 bits per heavy atom. The van der Waals surface area contributed by atoms with Gasteiger partial charge in [0.05, 0.1) is 10.9 Å².